The molecule has 5 nitrogen and oxygen atoms in total. The number of unbranched alkanes of at least 4 members (excludes halogenated alkanes) is 1. The molecule has 0 spiro atoms. The lowest BCUT2D eigenvalue weighted by molar-refractivity contribution is -0.115. The molecule has 2 aliphatic rings. The molecule has 8 heteroatoms. The highest BCUT2D eigenvalue weighted by Crippen LogP contribution is 2.48. The van der Waals surface area contributed by atoms with Crippen LogP contribution in [0, 0.1) is 18.1 Å². The van der Waals surface area contributed by atoms with Gasteiger partial charge in [-0.15, -0.1) is 0 Å². The molecule has 3 aromatic carbocycles. The number of carbonyl (C=O) groups is 1. The van der Waals surface area contributed by atoms with Gasteiger partial charge in [0.2, 0.25) is 0 Å². The van der Waals surface area contributed by atoms with Gasteiger partial charge >= 0.3 is 0 Å². The fourth-order valence-electron chi connectivity index (χ4n) is 5.40. The van der Waals surface area contributed by atoms with Crippen LogP contribution in [0.1, 0.15) is 73.5 Å². The first kappa shape index (κ1) is 31.2. The van der Waals surface area contributed by atoms with Gasteiger partial charge in [-0.2, -0.15) is 0 Å². The number of allylic oxidation sites excluding steroid dienone is 3. The number of hydrogen-bond acceptors (Lipinski definition) is 3. The number of likely N-dealkylation sites (N-methyl/N-ethyl adjacent to an activating group) is 1. The van der Waals surface area contributed by atoms with E-state index >= 15 is 8.78 Å². The summed E-state index contributed by atoms with van der Waals surface area (Å²) >= 11 is 0. The van der Waals surface area contributed by atoms with Gasteiger partial charge in [0.25, 0.3) is 5.91 Å². The Morgan fingerprint density at radius 2 is 1.83 bits per heavy atom. The van der Waals surface area contributed by atoms with E-state index < -0.39 is 22.6 Å². The monoisotopic (exact) mass is 596 g/mol. The molecule has 5 rings (SSSR count). The van der Waals surface area contributed by atoms with Crippen molar-refractivity contribution in [2.45, 2.75) is 64.7 Å². The zero-order chi connectivity index (χ0) is 30.6. The molecule has 1 amide bonds. The van der Waals surface area contributed by atoms with Gasteiger partial charge in [0.1, 0.15) is 5.82 Å². The van der Waals surface area contributed by atoms with Crippen LogP contribution in [0.5, 0.6) is 0 Å². The first-order valence-electron chi connectivity index (χ1n) is 14.5. The van der Waals surface area contributed by atoms with Crippen molar-refractivity contribution in [2.75, 3.05) is 17.5 Å². The molecule has 4 N–H and O–H groups in total. The molecule has 3 aromatic rings. The number of fused-ring (bicyclic) bond motifs is 2. The lowest BCUT2D eigenvalue weighted by Crippen LogP contribution is -2.20. The second-order valence-electron chi connectivity index (χ2n) is 9.91. The minimum atomic E-state index is -1.76. The largest absolute Gasteiger partial charge is 0.398 e. The Hall–Kier alpha value is -3.78. The topological polar surface area (TPSA) is 84.2 Å². The normalized spacial score (nSPS) is 14.3. The molecule has 0 saturated heterocycles. The highest BCUT2D eigenvalue weighted by atomic mass is 32.2. The van der Waals surface area contributed by atoms with Gasteiger partial charge in [-0.25, -0.2) is 13.0 Å². The van der Waals surface area contributed by atoms with E-state index in [0.29, 0.717) is 45.7 Å². The average Bonchev–Trinajstić information content (AvgIpc) is 3.81. The molecule has 1 unspecified atom stereocenters. The summed E-state index contributed by atoms with van der Waals surface area (Å²) in [6, 6.07) is 11.3. The van der Waals surface area contributed by atoms with Gasteiger partial charge in [0, 0.05) is 34.6 Å². The smallest absolute Gasteiger partial charge is 0.251 e. The Bertz CT molecular complexity index is 1630. The minimum Gasteiger partial charge on any atom is -0.398 e. The van der Waals surface area contributed by atoms with Gasteiger partial charge < -0.3 is 11.1 Å². The number of hydrogen-bond donors (Lipinski definition) is 3. The van der Waals surface area contributed by atoms with Gasteiger partial charge in [-0.1, -0.05) is 70.0 Å². The Morgan fingerprint density at radius 1 is 1.07 bits per heavy atom. The average molecular weight is 597 g/mol. The standard InChI is InChI=1S/C32H32F2N3O2S.C2H6.3H2/c1-4-6-8-24(32(38)36-3)23-14-13-22(19(5-2)31(23)35)29-26(33)15-16-27(30(29)34)37-40(39)28-10-7-9-20-21(28)12-11-18-17-25(18)20;1-2;;;/h7-10,13-17,37H,4-6,11-12,35H2,1-3H3,(H,36,38);1-2H3;3*1H/b24-8+;;;;. The number of halogens is 2. The van der Waals surface area contributed by atoms with Crippen molar-refractivity contribution in [2.24, 2.45) is 0 Å². The van der Waals surface area contributed by atoms with Crippen LogP contribution < -0.4 is 15.8 Å². The van der Waals surface area contributed by atoms with Crippen LogP contribution in [-0.4, -0.2) is 17.2 Å². The van der Waals surface area contributed by atoms with Crippen LogP contribution >= 0.6 is 0 Å². The maximum atomic E-state index is 16.0. The summed E-state index contributed by atoms with van der Waals surface area (Å²) in [6.07, 6.45) is 7.54. The molecule has 0 aliphatic heterocycles. The zero-order valence-electron chi connectivity index (χ0n) is 24.8. The fraction of sp³-hybridized carbons (Fsp3) is 0.294. The Kier molecular flexibility index (Phi) is 9.99. The first-order chi connectivity index (χ1) is 20.3. The quantitative estimate of drug-likeness (QED) is 0.171. The van der Waals surface area contributed by atoms with E-state index in [0.717, 1.165) is 36.5 Å². The molecule has 227 valence electrons. The third-order valence-electron chi connectivity index (χ3n) is 7.52. The second kappa shape index (κ2) is 13.5. The van der Waals surface area contributed by atoms with Crippen LogP contribution in [0.25, 0.3) is 22.3 Å². The predicted octanol–water partition coefficient (Wildman–Crippen LogP) is 8.52. The summed E-state index contributed by atoms with van der Waals surface area (Å²) < 4.78 is 47.4. The predicted molar refractivity (Wildman–Crippen MR) is 176 cm³/mol. The van der Waals surface area contributed by atoms with Crippen molar-refractivity contribution in [3.63, 3.8) is 0 Å². The maximum Gasteiger partial charge on any atom is 0.251 e. The van der Waals surface area contributed by atoms with Crippen molar-refractivity contribution in [3.05, 3.63) is 94.4 Å². The van der Waals surface area contributed by atoms with E-state index in [1.165, 1.54) is 17.2 Å². The van der Waals surface area contributed by atoms with E-state index in [-0.39, 0.29) is 21.4 Å². The molecule has 0 heterocycles. The summed E-state index contributed by atoms with van der Waals surface area (Å²) in [7, 11) is -0.212. The van der Waals surface area contributed by atoms with Crippen molar-refractivity contribution >= 4 is 39.4 Å². The molecule has 2 aliphatic carbocycles. The number of amides is 1. The Labute approximate surface area is 254 Å². The summed E-state index contributed by atoms with van der Waals surface area (Å²) in [6.45, 7) is 7.85. The van der Waals surface area contributed by atoms with Crippen molar-refractivity contribution in [1.82, 2.24) is 5.32 Å². The SMILES string of the molecule is CC.CCC/C=C(/C(=O)NC)c1ccc(-c2c(F)ccc(NS(=O)c3cccc4c3CCC3=C4[CH]3)c2F)c(CC)c1N.[HH].[HH].[HH]. The van der Waals surface area contributed by atoms with E-state index in [9.17, 15) is 9.00 Å². The van der Waals surface area contributed by atoms with Crippen molar-refractivity contribution in [1.29, 1.82) is 0 Å². The van der Waals surface area contributed by atoms with E-state index in [2.05, 4.69) is 16.5 Å². The molecule has 0 bridgehead atoms. The van der Waals surface area contributed by atoms with Crippen LogP contribution in [0.4, 0.5) is 20.2 Å². The molecule has 1 radical (unpaired) electrons. The summed E-state index contributed by atoms with van der Waals surface area (Å²) in [4.78, 5) is 13.2. The molecule has 42 heavy (non-hydrogen) atoms. The van der Waals surface area contributed by atoms with E-state index in [1.54, 1.807) is 25.2 Å². The maximum absolute atomic E-state index is 16.0. The fourth-order valence-corrected chi connectivity index (χ4v) is 6.51. The van der Waals surface area contributed by atoms with Gasteiger partial charge in [0.15, 0.2) is 16.8 Å². The highest BCUT2D eigenvalue weighted by Gasteiger charge is 2.31. The van der Waals surface area contributed by atoms with Crippen molar-refractivity contribution in [3.8, 4) is 11.1 Å². The number of carbonyl (C=O) groups excluding carboxylic acids is 1. The Morgan fingerprint density at radius 3 is 2.52 bits per heavy atom. The number of nitrogens with one attached hydrogen (secondary N) is 2. The highest BCUT2D eigenvalue weighted by molar-refractivity contribution is 7.86. The number of nitrogen functional groups attached to an aromatic ring is 1. The third kappa shape index (κ3) is 5.91. The van der Waals surface area contributed by atoms with E-state index in [4.69, 9.17) is 5.73 Å². The Balaban J connectivity index is 0.00000199. The van der Waals surface area contributed by atoms with Crippen LogP contribution in [-0.2, 0) is 28.6 Å². The van der Waals surface area contributed by atoms with Gasteiger partial charge in [-0.05, 0) is 71.7 Å². The van der Waals surface area contributed by atoms with Gasteiger partial charge in [-0.3, -0.25) is 9.52 Å². The number of rotatable bonds is 9. The van der Waals surface area contributed by atoms with E-state index in [1.807, 2.05) is 45.9 Å². The van der Waals surface area contributed by atoms with Crippen LogP contribution in [0.15, 0.2) is 59.0 Å². The molecular formula is C34H44F2N3O2S. The number of benzene rings is 3. The third-order valence-corrected chi connectivity index (χ3v) is 8.71. The lowest BCUT2D eigenvalue weighted by Gasteiger charge is -2.19. The summed E-state index contributed by atoms with van der Waals surface area (Å²) in [5.74, 6) is -1.89. The second-order valence-corrected chi connectivity index (χ2v) is 11.1. The molecule has 0 aromatic heterocycles. The molecular weight excluding hydrogens is 552 g/mol. The minimum absolute atomic E-state index is 0. The first-order valence-corrected chi connectivity index (χ1v) is 15.7. The number of anilines is 2. The molecule has 0 saturated carbocycles. The summed E-state index contributed by atoms with van der Waals surface area (Å²) in [5.41, 5.74) is 12.9. The zero-order valence-corrected chi connectivity index (χ0v) is 25.6. The van der Waals surface area contributed by atoms with Crippen LogP contribution in [0.3, 0.4) is 0 Å². The lowest BCUT2D eigenvalue weighted by atomic mass is 9.90. The molecule has 1 atom stereocenters. The number of nitrogens with two attached hydrogens (primary N) is 1. The molecule has 0 fully saturated rings. The summed E-state index contributed by atoms with van der Waals surface area (Å²) in [5, 5.41) is 2.64. The van der Waals surface area contributed by atoms with Crippen molar-refractivity contribution < 1.29 is 22.1 Å². The van der Waals surface area contributed by atoms with Gasteiger partial charge in [0.05, 0.1) is 16.1 Å². The van der Waals surface area contributed by atoms with Crippen LogP contribution in [0.2, 0.25) is 0 Å².